The van der Waals surface area contributed by atoms with Gasteiger partial charge in [0.25, 0.3) is 0 Å². The topological polar surface area (TPSA) is 39.4 Å². The lowest BCUT2D eigenvalue weighted by molar-refractivity contribution is -0.138. The van der Waals surface area contributed by atoms with Crippen LogP contribution in [0, 0.1) is 5.82 Å². The van der Waals surface area contributed by atoms with Gasteiger partial charge >= 0.3 is 12.1 Å². The van der Waals surface area contributed by atoms with Crippen molar-refractivity contribution in [2.45, 2.75) is 25.9 Å². The molecule has 0 aliphatic heterocycles. The van der Waals surface area contributed by atoms with Crippen molar-refractivity contribution >= 4 is 12.0 Å². The summed E-state index contributed by atoms with van der Waals surface area (Å²) in [4.78, 5) is 11.9. The number of carbonyl (C=O) groups is 1. The largest absolute Gasteiger partial charge is 0.463 e. The summed E-state index contributed by atoms with van der Waals surface area (Å²) in [5, 5.41) is 0. The molecule has 2 aromatic carbocycles. The quantitative estimate of drug-likeness (QED) is 0.173. The van der Waals surface area contributed by atoms with E-state index < -0.39 is 23.5 Å². The van der Waals surface area contributed by atoms with Gasteiger partial charge in [0.1, 0.15) is 5.76 Å². The maximum absolute atomic E-state index is 15.2. The number of esters is 1. The molecule has 3 nitrogen and oxygen atoms in total. The standard InChI is InChI=1S/C24H20F4O3/c1-2-3-15-30-20(29)14-13-19-21(25)23(31-22(19)16-7-5-4-6-8-16)17-9-11-18(12-10-17)24(26,27)28/h4-14H,2-3,15H2,1H3/b14-13+. The van der Waals surface area contributed by atoms with E-state index in [1.165, 1.54) is 6.08 Å². The summed E-state index contributed by atoms with van der Waals surface area (Å²) >= 11 is 0. The van der Waals surface area contributed by atoms with Gasteiger partial charge in [-0.15, -0.1) is 0 Å². The summed E-state index contributed by atoms with van der Waals surface area (Å²) < 4.78 is 64.5. The summed E-state index contributed by atoms with van der Waals surface area (Å²) in [7, 11) is 0. The minimum absolute atomic E-state index is 0.00791. The second-order valence-electron chi connectivity index (χ2n) is 6.78. The van der Waals surface area contributed by atoms with Gasteiger partial charge in [-0.25, -0.2) is 9.18 Å². The smallest absolute Gasteiger partial charge is 0.416 e. The molecule has 0 atom stereocenters. The number of halogens is 4. The number of unbranched alkanes of at least 4 members (excludes halogenated alkanes) is 1. The van der Waals surface area contributed by atoms with Crippen LogP contribution in [0.15, 0.2) is 65.1 Å². The highest BCUT2D eigenvalue weighted by Crippen LogP contribution is 2.38. The van der Waals surface area contributed by atoms with Gasteiger partial charge < -0.3 is 9.15 Å². The van der Waals surface area contributed by atoms with Crippen LogP contribution < -0.4 is 0 Å². The summed E-state index contributed by atoms with van der Waals surface area (Å²) in [6, 6.07) is 12.7. The molecule has 3 rings (SSSR count). The molecule has 0 unspecified atom stereocenters. The van der Waals surface area contributed by atoms with E-state index in [1.54, 1.807) is 30.3 Å². The molecule has 31 heavy (non-hydrogen) atoms. The van der Waals surface area contributed by atoms with Gasteiger partial charge in [-0.05, 0) is 24.6 Å². The molecule has 0 spiro atoms. The van der Waals surface area contributed by atoms with Crippen LogP contribution in [0.5, 0.6) is 0 Å². The van der Waals surface area contributed by atoms with Gasteiger partial charge in [0.05, 0.1) is 17.7 Å². The highest BCUT2D eigenvalue weighted by atomic mass is 19.4. The second-order valence-corrected chi connectivity index (χ2v) is 6.78. The van der Waals surface area contributed by atoms with Crippen molar-refractivity contribution in [3.05, 3.63) is 77.6 Å². The zero-order chi connectivity index (χ0) is 22.4. The Bertz CT molecular complexity index is 1050. The predicted octanol–water partition coefficient (Wildman–Crippen LogP) is 7.13. The van der Waals surface area contributed by atoms with Crippen molar-refractivity contribution in [1.82, 2.24) is 0 Å². The Morgan fingerprint density at radius 2 is 1.65 bits per heavy atom. The molecule has 0 aliphatic rings. The van der Waals surface area contributed by atoms with Crippen LogP contribution in [0.2, 0.25) is 0 Å². The molecule has 1 aromatic heterocycles. The highest BCUT2D eigenvalue weighted by molar-refractivity contribution is 5.89. The fourth-order valence-corrected chi connectivity index (χ4v) is 2.89. The Kier molecular flexibility index (Phi) is 6.95. The zero-order valence-corrected chi connectivity index (χ0v) is 16.7. The third-order valence-electron chi connectivity index (χ3n) is 4.52. The molecule has 3 aromatic rings. The van der Waals surface area contributed by atoms with Gasteiger partial charge in [-0.1, -0.05) is 55.8 Å². The highest BCUT2D eigenvalue weighted by Gasteiger charge is 2.30. The van der Waals surface area contributed by atoms with Crippen LogP contribution in [0.3, 0.4) is 0 Å². The number of hydrogen-bond acceptors (Lipinski definition) is 3. The van der Waals surface area contributed by atoms with Crippen LogP contribution >= 0.6 is 0 Å². The number of rotatable bonds is 7. The van der Waals surface area contributed by atoms with Crippen molar-refractivity contribution in [3.63, 3.8) is 0 Å². The SMILES string of the molecule is CCCCOC(=O)/C=C/c1c(-c2ccccc2)oc(-c2ccc(C(F)(F)F)cc2)c1F. The lowest BCUT2D eigenvalue weighted by Crippen LogP contribution is -2.04. The molecular weight excluding hydrogens is 412 g/mol. The summed E-state index contributed by atoms with van der Waals surface area (Å²) in [5.41, 5.74) is -0.138. The van der Waals surface area contributed by atoms with Crippen LogP contribution in [0.1, 0.15) is 30.9 Å². The normalized spacial score (nSPS) is 11.8. The van der Waals surface area contributed by atoms with Gasteiger partial charge in [0, 0.05) is 17.2 Å². The van der Waals surface area contributed by atoms with E-state index >= 15 is 4.39 Å². The Morgan fingerprint density at radius 1 is 1.00 bits per heavy atom. The summed E-state index contributed by atoms with van der Waals surface area (Å²) in [6.45, 7) is 2.22. The second kappa shape index (κ2) is 9.64. The monoisotopic (exact) mass is 432 g/mol. The third-order valence-corrected chi connectivity index (χ3v) is 4.52. The van der Waals surface area contributed by atoms with Crippen molar-refractivity contribution < 1.29 is 31.5 Å². The number of benzene rings is 2. The van der Waals surface area contributed by atoms with E-state index in [0.717, 1.165) is 36.8 Å². The Morgan fingerprint density at radius 3 is 2.26 bits per heavy atom. The minimum Gasteiger partial charge on any atom is -0.463 e. The van der Waals surface area contributed by atoms with Crippen LogP contribution in [-0.2, 0) is 15.7 Å². The number of alkyl halides is 3. The number of hydrogen-bond donors (Lipinski definition) is 0. The van der Waals surface area contributed by atoms with E-state index in [1.807, 2.05) is 6.92 Å². The number of carbonyl (C=O) groups excluding carboxylic acids is 1. The zero-order valence-electron chi connectivity index (χ0n) is 16.7. The van der Waals surface area contributed by atoms with Crippen molar-refractivity contribution in [2.75, 3.05) is 6.61 Å². The molecule has 0 saturated heterocycles. The molecule has 0 amide bonds. The lowest BCUT2D eigenvalue weighted by atomic mass is 10.1. The number of furan rings is 1. The first-order valence-corrected chi connectivity index (χ1v) is 9.71. The van der Waals surface area contributed by atoms with E-state index in [2.05, 4.69) is 0 Å². The predicted molar refractivity (Wildman–Crippen MR) is 109 cm³/mol. The van der Waals surface area contributed by atoms with E-state index in [0.29, 0.717) is 12.0 Å². The first-order valence-electron chi connectivity index (χ1n) is 9.71. The Balaban J connectivity index is 1.99. The van der Waals surface area contributed by atoms with Gasteiger partial charge in [0.15, 0.2) is 11.6 Å². The minimum atomic E-state index is -4.50. The van der Waals surface area contributed by atoms with Crippen LogP contribution in [0.25, 0.3) is 28.7 Å². The average Bonchev–Trinajstić information content (AvgIpc) is 3.09. The molecule has 0 saturated carbocycles. The third kappa shape index (κ3) is 5.42. The maximum atomic E-state index is 15.2. The fourth-order valence-electron chi connectivity index (χ4n) is 2.89. The van der Waals surface area contributed by atoms with E-state index in [9.17, 15) is 18.0 Å². The molecule has 7 heteroatoms. The lowest BCUT2D eigenvalue weighted by Gasteiger charge is -2.06. The summed E-state index contributed by atoms with van der Waals surface area (Å²) in [5.74, 6) is -1.46. The first kappa shape index (κ1) is 22.3. The fraction of sp³-hybridized carbons (Fsp3) is 0.208. The van der Waals surface area contributed by atoms with E-state index in [4.69, 9.17) is 9.15 Å². The molecule has 0 bridgehead atoms. The van der Waals surface area contributed by atoms with Gasteiger partial charge in [-0.3, -0.25) is 0 Å². The molecule has 0 aliphatic carbocycles. The van der Waals surface area contributed by atoms with Crippen molar-refractivity contribution in [1.29, 1.82) is 0 Å². The van der Waals surface area contributed by atoms with Crippen LogP contribution in [0.4, 0.5) is 17.6 Å². The van der Waals surface area contributed by atoms with Crippen LogP contribution in [-0.4, -0.2) is 12.6 Å². The summed E-state index contributed by atoms with van der Waals surface area (Å²) in [6.07, 6.45) is -0.563. The molecule has 1 heterocycles. The molecule has 162 valence electrons. The molecule has 0 N–H and O–H groups in total. The van der Waals surface area contributed by atoms with E-state index in [-0.39, 0.29) is 29.3 Å². The number of ether oxygens (including phenoxy) is 1. The maximum Gasteiger partial charge on any atom is 0.416 e. The average molecular weight is 432 g/mol. The first-order chi connectivity index (χ1) is 14.8. The molecule has 0 radical (unpaired) electrons. The Labute approximate surface area is 177 Å². The molecular formula is C24H20F4O3. The van der Waals surface area contributed by atoms with Gasteiger partial charge in [-0.2, -0.15) is 13.2 Å². The molecule has 0 fully saturated rings. The Hall–Kier alpha value is -3.35. The van der Waals surface area contributed by atoms with Crippen molar-refractivity contribution in [3.8, 4) is 22.6 Å². The van der Waals surface area contributed by atoms with Gasteiger partial charge in [0.2, 0.25) is 0 Å². The van der Waals surface area contributed by atoms with Crippen molar-refractivity contribution in [2.24, 2.45) is 0 Å².